The zero-order valence-corrected chi connectivity index (χ0v) is 15.4. The summed E-state index contributed by atoms with van der Waals surface area (Å²) in [6.45, 7) is 12.4. The van der Waals surface area contributed by atoms with Gasteiger partial charge in [0.2, 0.25) is 0 Å². The SMILES string of the molecule is Cc1ccc(C)n1-c1cc(Cl)cc(B2OC(C)(C)C(C)(C)O2)c1. The molecule has 122 valence electrons. The maximum atomic E-state index is 6.37. The van der Waals surface area contributed by atoms with Crippen molar-refractivity contribution in [2.75, 3.05) is 0 Å². The summed E-state index contributed by atoms with van der Waals surface area (Å²) in [5.41, 5.74) is 3.59. The van der Waals surface area contributed by atoms with E-state index in [1.54, 1.807) is 0 Å². The molecule has 1 saturated heterocycles. The Balaban J connectivity index is 2.03. The van der Waals surface area contributed by atoms with Gasteiger partial charge in [0.1, 0.15) is 0 Å². The normalized spacial score (nSPS) is 19.3. The van der Waals surface area contributed by atoms with Crippen LogP contribution in [-0.4, -0.2) is 22.9 Å². The van der Waals surface area contributed by atoms with E-state index in [-0.39, 0.29) is 11.2 Å². The monoisotopic (exact) mass is 331 g/mol. The predicted molar refractivity (Wildman–Crippen MR) is 96.0 cm³/mol. The van der Waals surface area contributed by atoms with Gasteiger partial charge in [-0.15, -0.1) is 0 Å². The summed E-state index contributed by atoms with van der Waals surface area (Å²) in [4.78, 5) is 0. The molecule has 1 aliphatic heterocycles. The highest BCUT2D eigenvalue weighted by atomic mass is 35.5. The van der Waals surface area contributed by atoms with Crippen molar-refractivity contribution in [2.24, 2.45) is 0 Å². The molecular weight excluding hydrogens is 308 g/mol. The predicted octanol–water partition coefficient (Wildman–Crippen LogP) is 4.05. The van der Waals surface area contributed by atoms with Crippen molar-refractivity contribution in [1.82, 2.24) is 4.57 Å². The van der Waals surface area contributed by atoms with E-state index in [0.717, 1.165) is 11.2 Å². The molecule has 0 spiro atoms. The lowest BCUT2D eigenvalue weighted by Gasteiger charge is -2.32. The zero-order chi connectivity index (χ0) is 17.0. The van der Waals surface area contributed by atoms with E-state index in [1.165, 1.54) is 11.4 Å². The summed E-state index contributed by atoms with van der Waals surface area (Å²) in [5, 5.41) is 0.680. The number of nitrogens with zero attached hydrogens (tertiary/aromatic N) is 1. The summed E-state index contributed by atoms with van der Waals surface area (Å²) in [6, 6.07) is 10.2. The van der Waals surface area contributed by atoms with Gasteiger partial charge in [-0.05, 0) is 77.3 Å². The molecule has 1 aromatic heterocycles. The van der Waals surface area contributed by atoms with E-state index in [2.05, 4.69) is 64.3 Å². The third kappa shape index (κ3) is 2.84. The Hall–Kier alpha value is -1.23. The highest BCUT2D eigenvalue weighted by molar-refractivity contribution is 6.62. The van der Waals surface area contributed by atoms with Gasteiger partial charge in [-0.25, -0.2) is 0 Å². The molecule has 0 bridgehead atoms. The van der Waals surface area contributed by atoms with Crippen molar-refractivity contribution in [3.63, 3.8) is 0 Å². The van der Waals surface area contributed by atoms with Crippen molar-refractivity contribution in [3.05, 3.63) is 46.7 Å². The lowest BCUT2D eigenvalue weighted by Crippen LogP contribution is -2.41. The fraction of sp³-hybridized carbons (Fsp3) is 0.444. The zero-order valence-electron chi connectivity index (χ0n) is 14.6. The summed E-state index contributed by atoms with van der Waals surface area (Å²) in [5.74, 6) is 0. The highest BCUT2D eigenvalue weighted by Gasteiger charge is 2.51. The number of hydrogen-bond acceptors (Lipinski definition) is 2. The second-order valence-electron chi connectivity index (χ2n) is 7.28. The van der Waals surface area contributed by atoms with Gasteiger partial charge < -0.3 is 13.9 Å². The first-order valence-electron chi connectivity index (χ1n) is 7.92. The minimum Gasteiger partial charge on any atom is -0.399 e. The van der Waals surface area contributed by atoms with Crippen LogP contribution in [-0.2, 0) is 9.31 Å². The highest BCUT2D eigenvalue weighted by Crippen LogP contribution is 2.36. The molecule has 0 atom stereocenters. The third-order valence-corrected chi connectivity index (χ3v) is 5.18. The minimum atomic E-state index is -0.409. The average Bonchev–Trinajstić information content (AvgIpc) is 2.86. The fourth-order valence-corrected chi connectivity index (χ4v) is 3.15. The molecule has 23 heavy (non-hydrogen) atoms. The molecule has 5 heteroatoms. The first-order chi connectivity index (χ1) is 10.6. The number of rotatable bonds is 2. The molecule has 0 aliphatic carbocycles. The van der Waals surface area contributed by atoms with E-state index in [0.29, 0.717) is 5.02 Å². The van der Waals surface area contributed by atoms with E-state index in [1.807, 2.05) is 12.1 Å². The second-order valence-corrected chi connectivity index (χ2v) is 7.72. The van der Waals surface area contributed by atoms with Crippen LogP contribution in [0.5, 0.6) is 0 Å². The van der Waals surface area contributed by atoms with Gasteiger partial charge >= 0.3 is 7.12 Å². The molecule has 0 saturated carbocycles. The first kappa shape index (κ1) is 16.6. The Kier molecular flexibility index (Phi) is 3.91. The second kappa shape index (κ2) is 5.40. The van der Waals surface area contributed by atoms with Gasteiger partial charge in [0.15, 0.2) is 0 Å². The molecule has 3 nitrogen and oxygen atoms in total. The first-order valence-corrected chi connectivity index (χ1v) is 8.30. The van der Waals surface area contributed by atoms with E-state index < -0.39 is 7.12 Å². The van der Waals surface area contributed by atoms with Gasteiger partial charge in [0, 0.05) is 22.1 Å². The number of aryl methyl sites for hydroxylation is 2. The number of hydrogen-bond donors (Lipinski definition) is 0. The van der Waals surface area contributed by atoms with Gasteiger partial charge in [0.05, 0.1) is 11.2 Å². The standard InChI is InChI=1S/C18H23BClNO2/c1-12-7-8-13(2)21(12)16-10-14(9-15(20)11-16)19-22-17(3,4)18(5,6)23-19/h7-11H,1-6H3. The molecule has 1 aliphatic rings. The van der Waals surface area contributed by atoms with Gasteiger partial charge in [-0.3, -0.25) is 0 Å². The lowest BCUT2D eigenvalue weighted by molar-refractivity contribution is 0.00578. The average molecular weight is 332 g/mol. The molecule has 2 aromatic rings. The van der Waals surface area contributed by atoms with Crippen LogP contribution in [0.25, 0.3) is 5.69 Å². The van der Waals surface area contributed by atoms with Gasteiger partial charge in [-0.2, -0.15) is 0 Å². The van der Waals surface area contributed by atoms with Gasteiger partial charge in [0.25, 0.3) is 0 Å². The lowest BCUT2D eigenvalue weighted by atomic mass is 9.79. The van der Waals surface area contributed by atoms with Crippen molar-refractivity contribution in [2.45, 2.75) is 52.7 Å². The summed E-state index contributed by atoms with van der Waals surface area (Å²) in [6.07, 6.45) is 0. The molecule has 0 amide bonds. The summed E-state index contributed by atoms with van der Waals surface area (Å²) in [7, 11) is -0.409. The molecule has 0 unspecified atom stereocenters. The molecular formula is C18H23BClNO2. The molecule has 0 radical (unpaired) electrons. The van der Waals surface area contributed by atoms with E-state index >= 15 is 0 Å². The number of aromatic nitrogens is 1. The smallest absolute Gasteiger partial charge is 0.399 e. The van der Waals surface area contributed by atoms with Crippen LogP contribution in [0.4, 0.5) is 0 Å². The van der Waals surface area contributed by atoms with Crippen LogP contribution in [0.2, 0.25) is 5.02 Å². The fourth-order valence-electron chi connectivity index (χ4n) is 2.92. The molecule has 1 aromatic carbocycles. The maximum absolute atomic E-state index is 6.37. The third-order valence-electron chi connectivity index (χ3n) is 4.96. The van der Waals surface area contributed by atoms with E-state index in [9.17, 15) is 0 Å². The Bertz CT molecular complexity index is 716. The molecule has 1 fully saturated rings. The molecule has 0 N–H and O–H groups in total. The van der Waals surface area contributed by atoms with Crippen LogP contribution in [0.3, 0.4) is 0 Å². The van der Waals surface area contributed by atoms with E-state index in [4.69, 9.17) is 20.9 Å². The summed E-state index contributed by atoms with van der Waals surface area (Å²) >= 11 is 6.37. The Morgan fingerprint density at radius 3 is 1.96 bits per heavy atom. The largest absolute Gasteiger partial charge is 0.494 e. The Labute approximate surface area is 143 Å². The quantitative estimate of drug-likeness (QED) is 0.775. The van der Waals surface area contributed by atoms with Crippen molar-refractivity contribution >= 4 is 24.2 Å². The van der Waals surface area contributed by atoms with Crippen LogP contribution in [0, 0.1) is 13.8 Å². The summed E-state index contributed by atoms with van der Waals surface area (Å²) < 4.78 is 14.5. The van der Waals surface area contributed by atoms with Gasteiger partial charge in [-0.1, -0.05) is 11.6 Å². The van der Waals surface area contributed by atoms with Crippen LogP contribution in [0.15, 0.2) is 30.3 Å². The van der Waals surface area contributed by atoms with Crippen LogP contribution in [0.1, 0.15) is 39.1 Å². The number of benzene rings is 1. The topological polar surface area (TPSA) is 23.4 Å². The minimum absolute atomic E-state index is 0.362. The van der Waals surface area contributed by atoms with Crippen LogP contribution < -0.4 is 5.46 Å². The van der Waals surface area contributed by atoms with Crippen molar-refractivity contribution < 1.29 is 9.31 Å². The molecule has 2 heterocycles. The Morgan fingerprint density at radius 1 is 0.913 bits per heavy atom. The maximum Gasteiger partial charge on any atom is 0.494 e. The number of halogens is 1. The van der Waals surface area contributed by atoms with Crippen molar-refractivity contribution in [3.8, 4) is 5.69 Å². The van der Waals surface area contributed by atoms with Crippen LogP contribution >= 0.6 is 11.6 Å². The van der Waals surface area contributed by atoms with Crippen molar-refractivity contribution in [1.29, 1.82) is 0 Å². The molecule has 3 rings (SSSR count). The Morgan fingerprint density at radius 2 is 1.43 bits per heavy atom.